The van der Waals surface area contributed by atoms with Gasteiger partial charge in [-0.15, -0.1) is 18.2 Å². The second-order valence-corrected chi connectivity index (χ2v) is 2.68. The predicted molar refractivity (Wildman–Crippen MR) is 50.5 cm³/mol. The third-order valence-corrected chi connectivity index (χ3v) is 1.86. The number of nitrogens with zero attached hydrogens (tertiary/aromatic N) is 1. The first kappa shape index (κ1) is 9.07. The molecule has 0 aromatic carbocycles. The van der Waals surface area contributed by atoms with Gasteiger partial charge in [0.15, 0.2) is 0 Å². The van der Waals surface area contributed by atoms with E-state index in [1.54, 1.807) is 22.9 Å². The second-order valence-electron chi connectivity index (χ2n) is 2.41. The van der Waals surface area contributed by atoms with E-state index in [-0.39, 0.29) is 11.4 Å². The van der Waals surface area contributed by atoms with Crippen molar-refractivity contribution in [3.8, 4) is 0 Å². The predicted octanol–water partition coefficient (Wildman–Crippen LogP) is 1.77. The number of hydrogen-bond donors (Lipinski definition) is 0. The molecule has 1 heterocycles. The number of alkyl halides is 1. The van der Waals surface area contributed by atoms with E-state index in [9.17, 15) is 4.79 Å². The van der Waals surface area contributed by atoms with Crippen molar-refractivity contribution in [1.82, 2.24) is 4.57 Å². The Kier molecular flexibility index (Phi) is 3.11. The molecule has 1 aromatic rings. The maximum absolute atomic E-state index is 11.4. The summed E-state index contributed by atoms with van der Waals surface area (Å²) >= 11 is 5.57. The molecule has 2 nitrogen and oxygen atoms in total. The molecule has 0 spiro atoms. The summed E-state index contributed by atoms with van der Waals surface area (Å²) < 4.78 is 1.57. The van der Waals surface area contributed by atoms with Crippen LogP contribution in [0.2, 0.25) is 0 Å². The Balaban J connectivity index is 3.14. The SMILES string of the molecule is C=CCn1cccc(CCl)c1=O. The third kappa shape index (κ3) is 1.77. The van der Waals surface area contributed by atoms with Crippen molar-refractivity contribution in [3.05, 3.63) is 46.9 Å². The van der Waals surface area contributed by atoms with Gasteiger partial charge in [0, 0.05) is 18.3 Å². The molecule has 0 bridgehead atoms. The Morgan fingerprint density at radius 1 is 1.67 bits per heavy atom. The van der Waals surface area contributed by atoms with Crippen LogP contribution in [0.15, 0.2) is 35.8 Å². The van der Waals surface area contributed by atoms with Crippen LogP contribution in [0, 0.1) is 0 Å². The van der Waals surface area contributed by atoms with Crippen molar-refractivity contribution in [3.63, 3.8) is 0 Å². The molecule has 0 fully saturated rings. The van der Waals surface area contributed by atoms with E-state index in [0.29, 0.717) is 12.1 Å². The third-order valence-electron chi connectivity index (χ3n) is 1.57. The Labute approximate surface area is 76.1 Å². The zero-order chi connectivity index (χ0) is 8.97. The van der Waals surface area contributed by atoms with Crippen molar-refractivity contribution in [1.29, 1.82) is 0 Å². The topological polar surface area (TPSA) is 22.0 Å². The molecule has 0 N–H and O–H groups in total. The zero-order valence-electron chi connectivity index (χ0n) is 6.66. The summed E-state index contributed by atoms with van der Waals surface area (Å²) in [7, 11) is 0. The van der Waals surface area contributed by atoms with Crippen molar-refractivity contribution < 1.29 is 0 Å². The fourth-order valence-electron chi connectivity index (χ4n) is 0.971. The van der Waals surface area contributed by atoms with E-state index < -0.39 is 0 Å². The normalized spacial score (nSPS) is 9.75. The summed E-state index contributed by atoms with van der Waals surface area (Å²) in [5, 5.41) is 0. The lowest BCUT2D eigenvalue weighted by atomic mass is 10.3. The summed E-state index contributed by atoms with van der Waals surface area (Å²) in [5.41, 5.74) is 0.591. The van der Waals surface area contributed by atoms with E-state index in [0.717, 1.165) is 0 Å². The number of hydrogen-bond acceptors (Lipinski definition) is 1. The Morgan fingerprint density at radius 3 is 3.00 bits per heavy atom. The molecular formula is C9H10ClNO. The highest BCUT2D eigenvalue weighted by atomic mass is 35.5. The first-order valence-corrected chi connectivity index (χ1v) is 4.18. The molecule has 1 rings (SSSR count). The van der Waals surface area contributed by atoms with Crippen LogP contribution >= 0.6 is 11.6 Å². The van der Waals surface area contributed by atoms with Crippen LogP contribution in [0.4, 0.5) is 0 Å². The minimum Gasteiger partial charge on any atom is -0.311 e. The van der Waals surface area contributed by atoms with E-state index in [2.05, 4.69) is 6.58 Å². The van der Waals surface area contributed by atoms with Gasteiger partial charge < -0.3 is 4.57 Å². The molecule has 0 aliphatic carbocycles. The Bertz CT molecular complexity index is 330. The second kappa shape index (κ2) is 4.12. The first-order chi connectivity index (χ1) is 5.79. The highest BCUT2D eigenvalue weighted by Crippen LogP contribution is 1.96. The maximum atomic E-state index is 11.4. The molecule has 1 aromatic heterocycles. The lowest BCUT2D eigenvalue weighted by molar-refractivity contribution is 0.771. The summed E-state index contributed by atoms with van der Waals surface area (Å²) in [6.07, 6.45) is 3.40. The standard InChI is InChI=1S/C9H10ClNO/c1-2-5-11-6-3-4-8(7-10)9(11)12/h2-4,6H,1,5,7H2. The van der Waals surface area contributed by atoms with E-state index in [1.807, 2.05) is 6.07 Å². The molecule has 0 unspecified atom stereocenters. The van der Waals surface area contributed by atoms with Crippen LogP contribution in [0.5, 0.6) is 0 Å². The van der Waals surface area contributed by atoms with Crippen LogP contribution in [0.3, 0.4) is 0 Å². The van der Waals surface area contributed by atoms with Gasteiger partial charge in [0.2, 0.25) is 0 Å². The molecule has 0 saturated heterocycles. The van der Waals surface area contributed by atoms with Gasteiger partial charge in [0.05, 0.1) is 5.88 Å². The molecule has 0 aliphatic rings. The first-order valence-electron chi connectivity index (χ1n) is 3.64. The zero-order valence-corrected chi connectivity index (χ0v) is 7.42. The number of pyridine rings is 1. The van der Waals surface area contributed by atoms with Crippen molar-refractivity contribution in [2.75, 3.05) is 0 Å². The molecule has 0 radical (unpaired) electrons. The molecule has 0 saturated carbocycles. The Hall–Kier alpha value is -1.02. The van der Waals surface area contributed by atoms with Crippen LogP contribution in [-0.4, -0.2) is 4.57 Å². The van der Waals surface area contributed by atoms with Crippen molar-refractivity contribution >= 4 is 11.6 Å². The molecule has 3 heteroatoms. The van der Waals surface area contributed by atoms with Gasteiger partial charge in [0.1, 0.15) is 0 Å². The van der Waals surface area contributed by atoms with E-state index >= 15 is 0 Å². The van der Waals surface area contributed by atoms with Gasteiger partial charge in [0.25, 0.3) is 5.56 Å². The molecular weight excluding hydrogens is 174 g/mol. The molecule has 12 heavy (non-hydrogen) atoms. The van der Waals surface area contributed by atoms with Crippen LogP contribution in [0.25, 0.3) is 0 Å². The van der Waals surface area contributed by atoms with Gasteiger partial charge in [-0.25, -0.2) is 0 Å². The van der Waals surface area contributed by atoms with Gasteiger partial charge in [-0.2, -0.15) is 0 Å². The number of rotatable bonds is 3. The van der Waals surface area contributed by atoms with E-state index in [1.165, 1.54) is 0 Å². The summed E-state index contributed by atoms with van der Waals surface area (Å²) in [4.78, 5) is 11.4. The van der Waals surface area contributed by atoms with Crippen LogP contribution in [0.1, 0.15) is 5.56 Å². The largest absolute Gasteiger partial charge is 0.311 e. The smallest absolute Gasteiger partial charge is 0.255 e. The lowest BCUT2D eigenvalue weighted by Crippen LogP contribution is -2.21. The van der Waals surface area contributed by atoms with Gasteiger partial charge >= 0.3 is 0 Å². The monoisotopic (exact) mass is 183 g/mol. The minimum absolute atomic E-state index is 0.0348. The van der Waals surface area contributed by atoms with Crippen molar-refractivity contribution in [2.24, 2.45) is 0 Å². The summed E-state index contributed by atoms with van der Waals surface area (Å²) in [5.74, 6) is 0.261. The molecule has 0 aliphatic heterocycles. The highest BCUT2D eigenvalue weighted by Gasteiger charge is 1.98. The number of allylic oxidation sites excluding steroid dienone is 1. The summed E-state index contributed by atoms with van der Waals surface area (Å²) in [6, 6.07) is 3.54. The van der Waals surface area contributed by atoms with Crippen LogP contribution in [-0.2, 0) is 12.4 Å². The van der Waals surface area contributed by atoms with Crippen LogP contribution < -0.4 is 5.56 Å². The van der Waals surface area contributed by atoms with Gasteiger partial charge in [-0.1, -0.05) is 12.1 Å². The Morgan fingerprint density at radius 2 is 2.42 bits per heavy atom. The number of halogens is 1. The van der Waals surface area contributed by atoms with E-state index in [4.69, 9.17) is 11.6 Å². The molecule has 64 valence electrons. The van der Waals surface area contributed by atoms with Gasteiger partial charge in [-0.3, -0.25) is 4.79 Å². The quantitative estimate of drug-likeness (QED) is 0.517. The minimum atomic E-state index is -0.0348. The fraction of sp³-hybridized carbons (Fsp3) is 0.222. The molecule has 0 atom stereocenters. The number of aromatic nitrogens is 1. The lowest BCUT2D eigenvalue weighted by Gasteiger charge is -2.02. The average molecular weight is 184 g/mol. The maximum Gasteiger partial charge on any atom is 0.255 e. The van der Waals surface area contributed by atoms with Gasteiger partial charge in [-0.05, 0) is 6.07 Å². The highest BCUT2D eigenvalue weighted by molar-refractivity contribution is 6.17. The summed E-state index contributed by atoms with van der Waals surface area (Å²) in [6.45, 7) is 4.09. The van der Waals surface area contributed by atoms with Crippen molar-refractivity contribution in [2.45, 2.75) is 12.4 Å². The fourth-order valence-corrected chi connectivity index (χ4v) is 1.17. The molecule has 0 amide bonds. The average Bonchev–Trinajstić information content (AvgIpc) is 2.09.